The van der Waals surface area contributed by atoms with Gasteiger partial charge in [-0.1, -0.05) is 33.8 Å². The fourth-order valence-corrected chi connectivity index (χ4v) is 7.13. The normalized spacial score (nSPS) is 13.8. The zero-order valence-electron chi connectivity index (χ0n) is 22.6. The quantitative estimate of drug-likeness (QED) is 0.308. The molecular formula is C27H37O8P. The van der Waals surface area contributed by atoms with Gasteiger partial charge in [0.05, 0.1) is 35.5 Å². The molecule has 0 N–H and O–H groups in total. The van der Waals surface area contributed by atoms with E-state index in [-0.39, 0.29) is 51.6 Å². The van der Waals surface area contributed by atoms with Crippen molar-refractivity contribution in [2.24, 2.45) is 11.3 Å². The summed E-state index contributed by atoms with van der Waals surface area (Å²) in [7, 11) is 2.71. The minimum atomic E-state index is -4.31. The molecule has 0 aromatic heterocycles. The fourth-order valence-electron chi connectivity index (χ4n) is 4.45. The van der Waals surface area contributed by atoms with Gasteiger partial charge in [-0.15, -0.1) is 0 Å². The van der Waals surface area contributed by atoms with Gasteiger partial charge in [0.2, 0.25) is 18.2 Å². The monoisotopic (exact) mass is 520 g/mol. The second kappa shape index (κ2) is 11.8. The molecule has 2 rings (SSSR count). The highest BCUT2D eigenvalue weighted by Crippen LogP contribution is 2.58. The third-order valence-corrected chi connectivity index (χ3v) is 8.65. The Morgan fingerprint density at radius 1 is 0.778 bits per heavy atom. The lowest BCUT2D eigenvalue weighted by Crippen LogP contribution is -2.21. The average molecular weight is 521 g/mol. The van der Waals surface area contributed by atoms with Crippen molar-refractivity contribution in [2.75, 3.05) is 41.7 Å². The molecule has 0 aliphatic heterocycles. The maximum absolute atomic E-state index is 14.8. The van der Waals surface area contributed by atoms with E-state index in [0.717, 1.165) is 0 Å². The van der Waals surface area contributed by atoms with E-state index in [9.17, 15) is 14.2 Å². The summed E-state index contributed by atoms with van der Waals surface area (Å²) in [6, 6.07) is 7.77. The molecule has 0 bridgehead atoms. The average Bonchev–Trinajstić information content (AvgIpc) is 2.84. The molecule has 2 aromatic carbocycles. The van der Waals surface area contributed by atoms with Crippen molar-refractivity contribution in [1.82, 2.24) is 0 Å². The first-order valence-corrected chi connectivity index (χ1v) is 13.5. The van der Waals surface area contributed by atoms with E-state index in [0.29, 0.717) is 12.2 Å². The fraction of sp³-hybridized carbons (Fsp3) is 0.481. The first kappa shape index (κ1) is 29.2. The lowest BCUT2D eigenvalue weighted by Gasteiger charge is -2.27. The molecule has 2 unspecified atom stereocenters. The molecule has 198 valence electrons. The highest BCUT2D eigenvalue weighted by molar-refractivity contribution is 7.95. The van der Waals surface area contributed by atoms with Crippen molar-refractivity contribution in [1.29, 1.82) is 0 Å². The number of ether oxygens (including phenoxy) is 5. The maximum atomic E-state index is 14.8. The summed E-state index contributed by atoms with van der Waals surface area (Å²) in [6.45, 7) is 8.05. The van der Waals surface area contributed by atoms with Crippen molar-refractivity contribution in [3.8, 4) is 28.7 Å². The number of rotatable bonds is 12. The largest absolute Gasteiger partial charge is 0.496 e. The summed E-state index contributed by atoms with van der Waals surface area (Å²) in [5.41, 5.74) is -1.89. The number of methoxy groups -OCH3 is 5. The molecule has 9 heteroatoms. The van der Waals surface area contributed by atoms with E-state index in [1.54, 1.807) is 18.2 Å². The van der Waals surface area contributed by atoms with Gasteiger partial charge in [0.15, 0.2) is 0 Å². The van der Waals surface area contributed by atoms with Gasteiger partial charge >= 0.3 is 0 Å². The van der Waals surface area contributed by atoms with Gasteiger partial charge in [0.1, 0.15) is 39.9 Å². The molecule has 0 aliphatic rings. The van der Waals surface area contributed by atoms with Crippen LogP contribution in [0.1, 0.15) is 54.8 Å². The maximum Gasteiger partial charge on any atom is 0.236 e. The van der Waals surface area contributed by atoms with Crippen LogP contribution in [-0.4, -0.2) is 52.8 Å². The molecule has 36 heavy (non-hydrogen) atoms. The van der Waals surface area contributed by atoms with Gasteiger partial charge in [-0.25, -0.2) is 0 Å². The topological polar surface area (TPSA) is 97.4 Å². The molecule has 0 saturated carbocycles. The van der Waals surface area contributed by atoms with Gasteiger partial charge in [0, 0.05) is 18.3 Å². The van der Waals surface area contributed by atoms with Crippen LogP contribution in [0.4, 0.5) is 0 Å². The Morgan fingerprint density at radius 2 is 1.19 bits per heavy atom. The van der Waals surface area contributed by atoms with Crippen LogP contribution >= 0.6 is 7.14 Å². The predicted octanol–water partition coefficient (Wildman–Crippen LogP) is 6.15. The number of carbonyl (C=O) groups excluding carboxylic acids is 2. The van der Waals surface area contributed by atoms with Crippen LogP contribution < -0.4 is 23.7 Å². The molecule has 8 nitrogen and oxygen atoms in total. The van der Waals surface area contributed by atoms with Crippen LogP contribution in [0.5, 0.6) is 28.7 Å². The third kappa shape index (κ3) is 6.22. The molecule has 2 aromatic rings. The van der Waals surface area contributed by atoms with E-state index in [1.165, 1.54) is 47.7 Å². The first-order chi connectivity index (χ1) is 16.9. The first-order valence-electron chi connectivity index (χ1n) is 11.6. The molecule has 0 fully saturated rings. The standard InChI is InChI=1S/C27H37O8P/c1-17(15-27(2,3)4)16-36(30,25(28)23-19(32-6)11-10-12-20(23)33-7)26(29)24-21(34-8)13-18(31-5)14-22(24)35-9/h10-14,17H,15-16H2,1-9H3. The lowest BCUT2D eigenvalue weighted by molar-refractivity contribution is 0.103. The van der Waals surface area contributed by atoms with Crippen molar-refractivity contribution in [3.63, 3.8) is 0 Å². The molecule has 0 amide bonds. The number of benzene rings is 2. The number of hydrogen-bond donors (Lipinski definition) is 0. The SMILES string of the molecule is COc1cc(OC)c(C(=O)P(=O)(CC(C)CC(C)(C)C)C(=O)c2c(OC)cccc2OC)c(OC)c1. The van der Waals surface area contributed by atoms with Crippen molar-refractivity contribution < 1.29 is 37.8 Å². The van der Waals surface area contributed by atoms with Gasteiger partial charge < -0.3 is 28.2 Å². The Labute approximate surface area is 213 Å². The van der Waals surface area contributed by atoms with E-state index in [1.807, 2.05) is 6.92 Å². The van der Waals surface area contributed by atoms with Gasteiger partial charge in [-0.05, 0) is 29.9 Å². The van der Waals surface area contributed by atoms with Crippen molar-refractivity contribution in [2.45, 2.75) is 34.1 Å². The van der Waals surface area contributed by atoms with E-state index >= 15 is 0 Å². The second-order valence-corrected chi connectivity index (χ2v) is 12.5. The summed E-state index contributed by atoms with van der Waals surface area (Å²) in [6.07, 6.45) is 0.513. The Kier molecular flexibility index (Phi) is 9.61. The molecule has 0 aliphatic carbocycles. The van der Waals surface area contributed by atoms with Crippen LogP contribution in [0.2, 0.25) is 0 Å². The van der Waals surface area contributed by atoms with E-state index in [2.05, 4.69) is 20.8 Å². The van der Waals surface area contributed by atoms with Gasteiger partial charge in [-0.2, -0.15) is 0 Å². The predicted molar refractivity (Wildman–Crippen MR) is 140 cm³/mol. The highest BCUT2D eigenvalue weighted by atomic mass is 31.2. The third-order valence-electron chi connectivity index (χ3n) is 5.76. The zero-order chi connectivity index (χ0) is 27.3. The zero-order valence-corrected chi connectivity index (χ0v) is 23.5. The Balaban J connectivity index is 2.81. The van der Waals surface area contributed by atoms with E-state index in [4.69, 9.17) is 23.7 Å². The minimum absolute atomic E-state index is 0.0337. The van der Waals surface area contributed by atoms with Crippen LogP contribution in [0, 0.1) is 11.3 Å². The van der Waals surface area contributed by atoms with Gasteiger partial charge in [0.25, 0.3) is 0 Å². The molecule has 0 saturated heterocycles. The smallest absolute Gasteiger partial charge is 0.236 e. The Bertz CT molecular complexity index is 1100. The Morgan fingerprint density at radius 3 is 1.56 bits per heavy atom. The summed E-state index contributed by atoms with van der Waals surface area (Å²) < 4.78 is 41.7. The molecule has 0 spiro atoms. The Hall–Kier alpha value is -2.99. The lowest BCUT2D eigenvalue weighted by atomic mass is 9.86. The molecule has 0 radical (unpaired) electrons. The summed E-state index contributed by atoms with van der Waals surface area (Å²) in [5, 5.41) is 0. The van der Waals surface area contributed by atoms with Crippen LogP contribution in [-0.2, 0) is 4.57 Å². The summed E-state index contributed by atoms with van der Waals surface area (Å²) >= 11 is 0. The van der Waals surface area contributed by atoms with E-state index < -0.39 is 18.2 Å². The van der Waals surface area contributed by atoms with Crippen LogP contribution in [0.25, 0.3) is 0 Å². The second-order valence-electron chi connectivity index (χ2n) is 9.85. The molecular weight excluding hydrogens is 483 g/mol. The van der Waals surface area contributed by atoms with Crippen LogP contribution in [0.15, 0.2) is 30.3 Å². The summed E-state index contributed by atoms with van der Waals surface area (Å²) in [4.78, 5) is 28.3. The molecule has 0 heterocycles. The number of hydrogen-bond acceptors (Lipinski definition) is 8. The molecule has 2 atom stereocenters. The highest BCUT2D eigenvalue weighted by Gasteiger charge is 2.46. The van der Waals surface area contributed by atoms with Crippen molar-refractivity contribution >= 4 is 18.2 Å². The summed E-state index contributed by atoms with van der Waals surface area (Å²) in [5.74, 6) is 0.710. The van der Waals surface area contributed by atoms with Gasteiger partial charge in [-0.3, -0.25) is 9.59 Å². The van der Waals surface area contributed by atoms with Crippen molar-refractivity contribution in [3.05, 3.63) is 41.5 Å². The minimum Gasteiger partial charge on any atom is -0.496 e. The number of carbonyl (C=O) groups is 2. The van der Waals surface area contributed by atoms with Crippen LogP contribution in [0.3, 0.4) is 0 Å².